The summed E-state index contributed by atoms with van der Waals surface area (Å²) in [6.07, 6.45) is -2.09. The zero-order valence-electron chi connectivity index (χ0n) is 16.7. The molecule has 0 saturated carbocycles. The number of rotatable bonds is 7. The molecule has 11 nitrogen and oxygen atoms in total. The first kappa shape index (κ1) is 22.9. The molecule has 2 rings (SSSR count). The molecule has 11 heteroatoms. The van der Waals surface area contributed by atoms with Crippen molar-refractivity contribution in [3.63, 3.8) is 0 Å². The van der Waals surface area contributed by atoms with Crippen LogP contribution in [-0.2, 0) is 39.9 Å². The van der Waals surface area contributed by atoms with Crippen LogP contribution >= 0.6 is 0 Å². The number of nitrogens with zero attached hydrogens (tertiary/aromatic N) is 2. The topological polar surface area (TPSA) is 132 Å². The van der Waals surface area contributed by atoms with Crippen LogP contribution in [0.1, 0.15) is 27.0 Å². The summed E-state index contributed by atoms with van der Waals surface area (Å²) in [7, 11) is 0. The molecule has 1 aromatic rings. The van der Waals surface area contributed by atoms with Gasteiger partial charge in [-0.3, -0.25) is 28.3 Å². The van der Waals surface area contributed by atoms with Crippen molar-refractivity contribution in [1.82, 2.24) is 9.13 Å². The van der Waals surface area contributed by atoms with Crippen LogP contribution in [-0.4, -0.2) is 52.0 Å². The van der Waals surface area contributed by atoms with Crippen LogP contribution in [0.15, 0.2) is 40.2 Å². The highest BCUT2D eigenvalue weighted by molar-refractivity contribution is 5.67. The lowest BCUT2D eigenvalue weighted by atomic mass is 10.1. The lowest BCUT2D eigenvalue weighted by Crippen LogP contribution is -2.44. The van der Waals surface area contributed by atoms with E-state index in [1.807, 2.05) is 0 Å². The molecule has 1 aliphatic rings. The van der Waals surface area contributed by atoms with Gasteiger partial charge < -0.3 is 18.9 Å². The van der Waals surface area contributed by atoms with Crippen molar-refractivity contribution in [3.8, 4) is 0 Å². The Bertz CT molecular complexity index is 986. The van der Waals surface area contributed by atoms with Crippen LogP contribution in [0, 0.1) is 0 Å². The SMILES string of the molecule is C=C=CCn1c(=O)ccn([C@@H]2O[C@H](COC(C)=O)[C@@H](OC(C)=O)[C@H]2OC(C)=O)c1=O. The van der Waals surface area contributed by atoms with Gasteiger partial charge in [0.25, 0.3) is 5.56 Å². The Hall–Kier alpha value is -3.43. The van der Waals surface area contributed by atoms with E-state index in [2.05, 4.69) is 12.3 Å². The highest BCUT2D eigenvalue weighted by atomic mass is 16.7. The van der Waals surface area contributed by atoms with Crippen LogP contribution < -0.4 is 11.2 Å². The molecule has 0 amide bonds. The van der Waals surface area contributed by atoms with E-state index in [9.17, 15) is 24.0 Å². The van der Waals surface area contributed by atoms with Gasteiger partial charge in [-0.05, 0) is 6.08 Å². The molecule has 0 radical (unpaired) electrons. The number of esters is 3. The lowest BCUT2D eigenvalue weighted by molar-refractivity contribution is -0.166. The molecule has 0 N–H and O–H groups in total. The summed E-state index contributed by atoms with van der Waals surface area (Å²) in [6.45, 7) is 6.46. The second-order valence-electron chi connectivity index (χ2n) is 6.38. The molecule has 1 fully saturated rings. The second kappa shape index (κ2) is 9.86. The highest BCUT2D eigenvalue weighted by Crippen LogP contribution is 2.33. The van der Waals surface area contributed by atoms with Crippen molar-refractivity contribution in [2.45, 2.75) is 51.9 Å². The van der Waals surface area contributed by atoms with Crippen molar-refractivity contribution >= 4 is 17.9 Å². The first-order valence-electron chi connectivity index (χ1n) is 8.95. The van der Waals surface area contributed by atoms with Crippen molar-refractivity contribution in [2.75, 3.05) is 6.61 Å². The summed E-state index contributed by atoms with van der Waals surface area (Å²) in [5.41, 5.74) is 1.14. The van der Waals surface area contributed by atoms with Gasteiger partial charge in [0, 0.05) is 33.0 Å². The molecule has 0 bridgehead atoms. The van der Waals surface area contributed by atoms with Crippen molar-refractivity contribution < 1.29 is 33.3 Å². The average molecular weight is 422 g/mol. The second-order valence-corrected chi connectivity index (χ2v) is 6.38. The molecule has 0 spiro atoms. The van der Waals surface area contributed by atoms with E-state index in [-0.39, 0.29) is 13.2 Å². The van der Waals surface area contributed by atoms with Crippen LogP contribution in [0.2, 0.25) is 0 Å². The van der Waals surface area contributed by atoms with Crippen LogP contribution in [0.4, 0.5) is 0 Å². The van der Waals surface area contributed by atoms with Gasteiger partial charge in [0.2, 0.25) is 0 Å². The number of ether oxygens (including phenoxy) is 4. The molecule has 162 valence electrons. The Morgan fingerprint density at radius 2 is 1.77 bits per heavy atom. The minimum absolute atomic E-state index is 0.0861. The number of allylic oxidation sites excluding steroid dienone is 1. The largest absolute Gasteiger partial charge is 0.463 e. The van der Waals surface area contributed by atoms with E-state index in [1.54, 1.807) is 0 Å². The van der Waals surface area contributed by atoms with Crippen molar-refractivity contribution in [2.24, 2.45) is 0 Å². The van der Waals surface area contributed by atoms with E-state index in [0.717, 1.165) is 29.0 Å². The molecule has 1 aromatic heterocycles. The molecule has 1 saturated heterocycles. The van der Waals surface area contributed by atoms with E-state index in [1.165, 1.54) is 19.2 Å². The van der Waals surface area contributed by atoms with Gasteiger partial charge >= 0.3 is 23.6 Å². The summed E-state index contributed by atoms with van der Waals surface area (Å²) in [4.78, 5) is 59.4. The first-order valence-corrected chi connectivity index (χ1v) is 8.95. The maximum Gasteiger partial charge on any atom is 0.333 e. The fraction of sp³-hybridized carbons (Fsp3) is 0.474. The standard InChI is InChI=1S/C19H22N2O9/c1-5-6-8-20-15(25)7-9-21(19(20)26)18-17(29-13(4)24)16(28-12(3)23)14(30-18)10-27-11(2)22/h6-7,9,14,16-18H,1,8,10H2,2-4H3/t14-,16-,17-,18-/m1/s1. The van der Waals surface area contributed by atoms with Gasteiger partial charge in [0.15, 0.2) is 18.4 Å². The smallest absolute Gasteiger partial charge is 0.333 e. The fourth-order valence-corrected chi connectivity index (χ4v) is 2.97. The van der Waals surface area contributed by atoms with Crippen molar-refractivity contribution in [1.29, 1.82) is 0 Å². The summed E-state index contributed by atoms with van der Waals surface area (Å²) >= 11 is 0. The normalized spacial score (nSPS) is 22.6. The monoisotopic (exact) mass is 422 g/mol. The van der Waals surface area contributed by atoms with Gasteiger partial charge in [-0.15, -0.1) is 5.73 Å². The van der Waals surface area contributed by atoms with Gasteiger partial charge in [-0.25, -0.2) is 4.79 Å². The summed E-state index contributed by atoms with van der Waals surface area (Å²) in [6, 6.07) is 1.13. The Morgan fingerprint density at radius 1 is 1.13 bits per heavy atom. The molecule has 0 aromatic carbocycles. The molecule has 0 unspecified atom stereocenters. The third-order valence-corrected chi connectivity index (χ3v) is 4.13. The maximum atomic E-state index is 12.9. The molecule has 1 aliphatic heterocycles. The predicted molar refractivity (Wildman–Crippen MR) is 100 cm³/mol. The summed E-state index contributed by atoms with van der Waals surface area (Å²) in [5.74, 6) is -2.01. The number of hydrogen-bond donors (Lipinski definition) is 0. The van der Waals surface area contributed by atoms with Gasteiger partial charge in [0.05, 0.1) is 6.54 Å². The quantitative estimate of drug-likeness (QED) is 0.329. The Morgan fingerprint density at radius 3 is 2.33 bits per heavy atom. The fourth-order valence-electron chi connectivity index (χ4n) is 2.97. The Kier molecular flexibility index (Phi) is 7.51. The van der Waals surface area contributed by atoms with Crippen LogP contribution in [0.3, 0.4) is 0 Å². The molecule has 2 heterocycles. The molecule has 0 aliphatic carbocycles. The van der Waals surface area contributed by atoms with E-state index in [0.29, 0.717) is 0 Å². The van der Waals surface area contributed by atoms with Gasteiger partial charge in [-0.1, -0.05) is 6.58 Å². The minimum Gasteiger partial charge on any atom is -0.463 e. The molecule has 30 heavy (non-hydrogen) atoms. The summed E-state index contributed by atoms with van der Waals surface area (Å²) in [5, 5.41) is 0. The van der Waals surface area contributed by atoms with Gasteiger partial charge in [-0.2, -0.15) is 0 Å². The number of hydrogen-bond acceptors (Lipinski definition) is 9. The van der Waals surface area contributed by atoms with Crippen molar-refractivity contribution in [3.05, 3.63) is 51.5 Å². The predicted octanol–water partition coefficient (Wildman–Crippen LogP) is -0.325. The van der Waals surface area contributed by atoms with Crippen LogP contribution in [0.25, 0.3) is 0 Å². The Labute approximate surface area is 171 Å². The van der Waals surface area contributed by atoms with Crippen LogP contribution in [0.5, 0.6) is 0 Å². The summed E-state index contributed by atoms with van der Waals surface area (Å²) < 4.78 is 23.2. The zero-order chi connectivity index (χ0) is 22.4. The number of carbonyl (C=O) groups is 3. The third kappa shape index (κ3) is 5.34. The minimum atomic E-state index is -1.24. The number of aromatic nitrogens is 2. The average Bonchev–Trinajstić information content (AvgIpc) is 2.96. The van der Waals surface area contributed by atoms with E-state index in [4.69, 9.17) is 18.9 Å². The number of carbonyl (C=O) groups excluding carboxylic acids is 3. The van der Waals surface area contributed by atoms with E-state index < -0.39 is 53.7 Å². The maximum absolute atomic E-state index is 12.9. The zero-order valence-corrected chi connectivity index (χ0v) is 16.7. The molecule has 4 atom stereocenters. The lowest BCUT2D eigenvalue weighted by Gasteiger charge is -2.24. The van der Waals surface area contributed by atoms with E-state index >= 15 is 0 Å². The Balaban J connectivity index is 2.52. The third-order valence-electron chi connectivity index (χ3n) is 4.13. The first-order chi connectivity index (χ1) is 14.1. The molecular weight excluding hydrogens is 400 g/mol. The highest BCUT2D eigenvalue weighted by Gasteiger charge is 2.51. The van der Waals surface area contributed by atoms with Gasteiger partial charge in [0.1, 0.15) is 12.7 Å². The molecular formula is C19H22N2O9.